The first kappa shape index (κ1) is 15.3. The highest BCUT2D eigenvalue weighted by molar-refractivity contribution is 7.90. The molecule has 6 heteroatoms. The lowest BCUT2D eigenvalue weighted by Crippen LogP contribution is -2.35. The minimum atomic E-state index is -3.21. The number of hydrogen-bond acceptors (Lipinski definition) is 5. The van der Waals surface area contributed by atoms with E-state index in [9.17, 15) is 13.5 Å². The first-order valence-corrected chi connectivity index (χ1v) is 8.68. The van der Waals surface area contributed by atoms with Crippen LogP contribution in [0.1, 0.15) is 19.3 Å². The monoisotopic (exact) mass is 299 g/mol. The topological polar surface area (TPSA) is 75.6 Å². The second kappa shape index (κ2) is 6.56. The van der Waals surface area contributed by atoms with Crippen molar-refractivity contribution in [3.63, 3.8) is 0 Å². The van der Waals surface area contributed by atoms with Crippen LogP contribution in [0.25, 0.3) is 0 Å². The van der Waals surface area contributed by atoms with Gasteiger partial charge in [0, 0.05) is 18.3 Å². The zero-order valence-corrected chi connectivity index (χ0v) is 12.4. The summed E-state index contributed by atoms with van der Waals surface area (Å²) in [7, 11) is -3.21. The van der Waals surface area contributed by atoms with Crippen LogP contribution in [0.15, 0.2) is 29.2 Å². The molecule has 1 saturated carbocycles. The van der Waals surface area contributed by atoms with Gasteiger partial charge in [0.15, 0.2) is 9.84 Å². The number of sulfone groups is 1. The number of ether oxygens (including phenoxy) is 1. The predicted molar refractivity (Wildman–Crippen MR) is 76.7 cm³/mol. The summed E-state index contributed by atoms with van der Waals surface area (Å²) in [6.07, 6.45) is 4.21. The van der Waals surface area contributed by atoms with Crippen LogP contribution >= 0.6 is 0 Å². The van der Waals surface area contributed by atoms with Crippen molar-refractivity contribution in [1.82, 2.24) is 5.32 Å². The van der Waals surface area contributed by atoms with Gasteiger partial charge in [-0.1, -0.05) is 6.07 Å². The number of hydrogen-bond donors (Lipinski definition) is 2. The molecule has 5 nitrogen and oxygen atoms in total. The van der Waals surface area contributed by atoms with E-state index in [1.165, 1.54) is 25.2 Å². The zero-order valence-electron chi connectivity index (χ0n) is 11.6. The number of nitrogens with one attached hydrogen (secondary N) is 1. The first-order chi connectivity index (χ1) is 9.49. The molecule has 1 unspecified atom stereocenters. The van der Waals surface area contributed by atoms with Crippen molar-refractivity contribution >= 4 is 9.84 Å². The maximum atomic E-state index is 11.4. The average molecular weight is 299 g/mol. The molecule has 1 atom stereocenters. The van der Waals surface area contributed by atoms with Crippen LogP contribution in [0.2, 0.25) is 0 Å². The molecule has 0 radical (unpaired) electrons. The van der Waals surface area contributed by atoms with Gasteiger partial charge in [-0.15, -0.1) is 0 Å². The summed E-state index contributed by atoms with van der Waals surface area (Å²) in [5.74, 6) is 0.538. The summed E-state index contributed by atoms with van der Waals surface area (Å²) < 4.78 is 28.4. The maximum Gasteiger partial charge on any atom is 0.175 e. The van der Waals surface area contributed by atoms with Crippen LogP contribution in [-0.4, -0.2) is 45.1 Å². The van der Waals surface area contributed by atoms with Crippen molar-refractivity contribution < 1.29 is 18.3 Å². The highest BCUT2D eigenvalue weighted by Crippen LogP contribution is 2.20. The molecule has 2 N–H and O–H groups in total. The predicted octanol–water partition coefficient (Wildman–Crippen LogP) is 0.972. The standard InChI is InChI=1S/C14H21NO4S/c1-20(17,18)14-4-2-3-13(9-14)19-8-7-12(10-16)15-11-5-6-11/h2-4,9,11-12,15-16H,5-8,10H2,1H3. The Hall–Kier alpha value is -1.11. The molecule has 1 aromatic rings. The van der Waals surface area contributed by atoms with Crippen LogP contribution in [0.3, 0.4) is 0 Å². The fourth-order valence-electron chi connectivity index (χ4n) is 1.92. The zero-order chi connectivity index (χ0) is 14.6. The molecule has 1 aromatic carbocycles. The lowest BCUT2D eigenvalue weighted by molar-refractivity contribution is 0.207. The summed E-state index contributed by atoms with van der Waals surface area (Å²) in [5.41, 5.74) is 0. The molecule has 0 heterocycles. The van der Waals surface area contributed by atoms with Crippen molar-refractivity contribution in [3.8, 4) is 5.75 Å². The van der Waals surface area contributed by atoms with Gasteiger partial charge >= 0.3 is 0 Å². The third kappa shape index (κ3) is 4.77. The Kier molecular flexibility index (Phi) is 5.01. The van der Waals surface area contributed by atoms with Gasteiger partial charge in [-0.05, 0) is 37.5 Å². The van der Waals surface area contributed by atoms with E-state index in [0.717, 1.165) is 0 Å². The van der Waals surface area contributed by atoms with Crippen LogP contribution in [-0.2, 0) is 9.84 Å². The Morgan fingerprint density at radius 3 is 2.80 bits per heavy atom. The lowest BCUT2D eigenvalue weighted by Gasteiger charge is -2.16. The molecule has 1 fully saturated rings. The number of aliphatic hydroxyl groups is 1. The summed E-state index contributed by atoms with van der Waals surface area (Å²) in [4.78, 5) is 0.254. The molecule has 0 amide bonds. The summed E-state index contributed by atoms with van der Waals surface area (Å²) in [6, 6.07) is 7.06. The maximum absolute atomic E-state index is 11.4. The Balaban J connectivity index is 1.84. The first-order valence-electron chi connectivity index (χ1n) is 6.79. The Morgan fingerprint density at radius 2 is 2.20 bits per heavy atom. The molecule has 1 aliphatic carbocycles. The average Bonchev–Trinajstić information content (AvgIpc) is 3.21. The summed E-state index contributed by atoms with van der Waals surface area (Å²) >= 11 is 0. The molecule has 0 spiro atoms. The number of aliphatic hydroxyl groups excluding tert-OH is 1. The van der Waals surface area contributed by atoms with Crippen LogP contribution in [0, 0.1) is 0 Å². The minimum Gasteiger partial charge on any atom is -0.493 e. The van der Waals surface area contributed by atoms with E-state index in [1.807, 2.05) is 0 Å². The largest absolute Gasteiger partial charge is 0.493 e. The normalized spacial score (nSPS) is 16.9. The van der Waals surface area contributed by atoms with Crippen molar-refractivity contribution in [2.75, 3.05) is 19.5 Å². The molecular formula is C14H21NO4S. The van der Waals surface area contributed by atoms with E-state index < -0.39 is 9.84 Å². The van der Waals surface area contributed by atoms with Gasteiger partial charge in [0.25, 0.3) is 0 Å². The van der Waals surface area contributed by atoms with Gasteiger partial charge in [-0.3, -0.25) is 0 Å². The van der Waals surface area contributed by atoms with Crippen molar-refractivity contribution in [2.45, 2.75) is 36.2 Å². The Bertz CT molecular complexity index is 540. The highest BCUT2D eigenvalue weighted by atomic mass is 32.2. The molecule has 1 aliphatic rings. The molecule has 0 saturated heterocycles. The SMILES string of the molecule is CS(=O)(=O)c1cccc(OCCC(CO)NC2CC2)c1. The van der Waals surface area contributed by atoms with E-state index in [2.05, 4.69) is 5.32 Å². The Labute approximate surface area is 119 Å². The second-order valence-corrected chi connectivity index (χ2v) is 7.22. The van der Waals surface area contributed by atoms with Crippen molar-refractivity contribution in [1.29, 1.82) is 0 Å². The fourth-order valence-corrected chi connectivity index (χ4v) is 2.58. The van der Waals surface area contributed by atoms with Gasteiger partial charge in [-0.25, -0.2) is 8.42 Å². The van der Waals surface area contributed by atoms with Crippen LogP contribution < -0.4 is 10.1 Å². The van der Waals surface area contributed by atoms with E-state index in [0.29, 0.717) is 24.8 Å². The van der Waals surface area contributed by atoms with Gasteiger partial charge < -0.3 is 15.2 Å². The molecule has 0 aliphatic heterocycles. The smallest absolute Gasteiger partial charge is 0.175 e. The van der Waals surface area contributed by atoms with E-state index in [-0.39, 0.29) is 17.5 Å². The van der Waals surface area contributed by atoms with Gasteiger partial charge in [0.1, 0.15) is 5.75 Å². The van der Waals surface area contributed by atoms with Crippen LogP contribution in [0.4, 0.5) is 0 Å². The molecular weight excluding hydrogens is 278 g/mol. The van der Waals surface area contributed by atoms with E-state index in [4.69, 9.17) is 4.74 Å². The summed E-state index contributed by atoms with van der Waals surface area (Å²) in [5, 5.41) is 12.6. The van der Waals surface area contributed by atoms with E-state index >= 15 is 0 Å². The van der Waals surface area contributed by atoms with E-state index in [1.54, 1.807) is 18.2 Å². The molecule has 0 aromatic heterocycles. The third-order valence-corrected chi connectivity index (χ3v) is 4.35. The molecule has 112 valence electrons. The number of rotatable bonds is 8. The van der Waals surface area contributed by atoms with Crippen molar-refractivity contribution in [3.05, 3.63) is 24.3 Å². The minimum absolute atomic E-state index is 0.0422. The van der Waals surface area contributed by atoms with Gasteiger partial charge in [0.05, 0.1) is 18.1 Å². The highest BCUT2D eigenvalue weighted by Gasteiger charge is 2.24. The molecule has 2 rings (SSSR count). The number of benzene rings is 1. The molecule has 20 heavy (non-hydrogen) atoms. The van der Waals surface area contributed by atoms with Crippen molar-refractivity contribution in [2.24, 2.45) is 0 Å². The lowest BCUT2D eigenvalue weighted by atomic mass is 10.2. The summed E-state index contributed by atoms with van der Waals surface area (Å²) in [6.45, 7) is 0.529. The van der Waals surface area contributed by atoms with Gasteiger partial charge in [0.2, 0.25) is 0 Å². The van der Waals surface area contributed by atoms with Gasteiger partial charge in [-0.2, -0.15) is 0 Å². The molecule has 0 bridgehead atoms. The Morgan fingerprint density at radius 1 is 1.45 bits per heavy atom. The quantitative estimate of drug-likeness (QED) is 0.748. The van der Waals surface area contributed by atoms with Crippen LogP contribution in [0.5, 0.6) is 5.75 Å². The third-order valence-electron chi connectivity index (χ3n) is 3.24. The fraction of sp³-hybridized carbons (Fsp3) is 0.571. The second-order valence-electron chi connectivity index (χ2n) is 5.20.